The van der Waals surface area contributed by atoms with Gasteiger partial charge in [0, 0.05) is 8.95 Å². The highest BCUT2D eigenvalue weighted by atomic mass is 79.9. The number of fused-ring (bicyclic) bond motifs is 1. The second-order valence-corrected chi connectivity index (χ2v) is 6.35. The van der Waals surface area contributed by atoms with Crippen LogP contribution in [0, 0.1) is 0 Å². The lowest BCUT2D eigenvalue weighted by atomic mass is 9.93. The van der Waals surface area contributed by atoms with Crippen LogP contribution in [0.3, 0.4) is 0 Å². The van der Waals surface area contributed by atoms with Crippen molar-refractivity contribution in [3.8, 4) is 0 Å². The molecule has 0 radical (unpaired) electrons. The molecule has 19 heavy (non-hydrogen) atoms. The molecule has 1 N–H and O–H groups in total. The van der Waals surface area contributed by atoms with Crippen molar-refractivity contribution >= 4 is 43.5 Å². The maximum atomic E-state index is 12.2. The fraction of sp³-hybridized carbons (Fsp3) is 0.133. The van der Waals surface area contributed by atoms with Crippen molar-refractivity contribution in [2.24, 2.45) is 0 Å². The van der Waals surface area contributed by atoms with Crippen molar-refractivity contribution < 1.29 is 4.79 Å². The lowest BCUT2D eigenvalue weighted by Gasteiger charge is -2.09. The first kappa shape index (κ1) is 12.9. The summed E-state index contributed by atoms with van der Waals surface area (Å²) >= 11 is 6.97. The van der Waals surface area contributed by atoms with Gasteiger partial charge in [-0.1, -0.05) is 46.3 Å². The van der Waals surface area contributed by atoms with Crippen molar-refractivity contribution in [1.82, 2.24) is 0 Å². The van der Waals surface area contributed by atoms with Crippen LogP contribution in [0.15, 0.2) is 51.4 Å². The van der Waals surface area contributed by atoms with E-state index in [-0.39, 0.29) is 11.8 Å². The van der Waals surface area contributed by atoms with Crippen LogP contribution in [0.25, 0.3) is 0 Å². The van der Waals surface area contributed by atoms with Crippen LogP contribution in [-0.2, 0) is 11.2 Å². The monoisotopic (exact) mass is 379 g/mol. The molecule has 96 valence electrons. The van der Waals surface area contributed by atoms with Crippen LogP contribution in [0.1, 0.15) is 17.0 Å². The minimum Gasteiger partial charge on any atom is -0.324 e. The Morgan fingerprint density at radius 3 is 2.58 bits per heavy atom. The van der Waals surface area contributed by atoms with E-state index in [2.05, 4.69) is 49.3 Å². The van der Waals surface area contributed by atoms with Gasteiger partial charge in [-0.15, -0.1) is 0 Å². The lowest BCUT2D eigenvalue weighted by molar-refractivity contribution is -0.117. The number of hydrogen-bond acceptors (Lipinski definition) is 1. The maximum Gasteiger partial charge on any atom is 0.232 e. The van der Waals surface area contributed by atoms with E-state index in [0.717, 1.165) is 26.6 Å². The molecule has 0 fully saturated rings. The Morgan fingerprint density at radius 1 is 1.11 bits per heavy atom. The highest BCUT2D eigenvalue weighted by Gasteiger charge is 2.32. The summed E-state index contributed by atoms with van der Waals surface area (Å²) in [4.78, 5) is 12.2. The fourth-order valence-corrected chi connectivity index (χ4v) is 3.76. The predicted molar refractivity (Wildman–Crippen MR) is 83.4 cm³/mol. The number of anilines is 1. The summed E-state index contributed by atoms with van der Waals surface area (Å²) in [6, 6.07) is 14.1. The Morgan fingerprint density at radius 2 is 1.84 bits per heavy atom. The molecule has 0 saturated carbocycles. The SMILES string of the molecule is O=C1Nc2c(Br)cc(Br)cc2[C@@H]1Cc1ccccc1. The van der Waals surface area contributed by atoms with Crippen LogP contribution in [0.5, 0.6) is 0 Å². The molecule has 4 heteroatoms. The molecule has 0 aromatic heterocycles. The maximum absolute atomic E-state index is 12.2. The zero-order chi connectivity index (χ0) is 13.4. The van der Waals surface area contributed by atoms with Crippen molar-refractivity contribution in [3.05, 3.63) is 62.5 Å². The number of hydrogen-bond donors (Lipinski definition) is 1. The van der Waals surface area contributed by atoms with Crippen LogP contribution in [0.4, 0.5) is 5.69 Å². The first-order valence-electron chi connectivity index (χ1n) is 5.99. The third-order valence-electron chi connectivity index (χ3n) is 3.31. The third-order valence-corrected chi connectivity index (χ3v) is 4.39. The van der Waals surface area contributed by atoms with E-state index >= 15 is 0 Å². The van der Waals surface area contributed by atoms with Crippen LogP contribution >= 0.6 is 31.9 Å². The van der Waals surface area contributed by atoms with E-state index < -0.39 is 0 Å². The van der Waals surface area contributed by atoms with Crippen LogP contribution in [-0.4, -0.2) is 5.91 Å². The zero-order valence-electron chi connectivity index (χ0n) is 9.99. The Kier molecular flexibility index (Phi) is 3.46. The summed E-state index contributed by atoms with van der Waals surface area (Å²) in [6.07, 6.45) is 0.725. The first-order chi connectivity index (χ1) is 9.15. The average molecular weight is 381 g/mol. The molecule has 3 rings (SSSR count). The summed E-state index contributed by atoms with van der Waals surface area (Å²) in [6.45, 7) is 0. The van der Waals surface area contributed by atoms with E-state index in [1.807, 2.05) is 30.3 Å². The Hall–Kier alpha value is -1.13. The molecule has 2 aromatic carbocycles. The van der Waals surface area contributed by atoms with E-state index in [1.165, 1.54) is 5.56 Å². The summed E-state index contributed by atoms with van der Waals surface area (Å²) in [5.74, 6) is -0.0520. The van der Waals surface area contributed by atoms with Gasteiger partial charge in [-0.2, -0.15) is 0 Å². The molecule has 1 aliphatic heterocycles. The summed E-state index contributed by atoms with van der Waals surface area (Å²) < 4.78 is 1.90. The molecule has 1 aliphatic rings. The molecule has 1 heterocycles. The van der Waals surface area contributed by atoms with Crippen molar-refractivity contribution in [1.29, 1.82) is 0 Å². The molecule has 2 nitrogen and oxygen atoms in total. The molecule has 0 spiro atoms. The van der Waals surface area contributed by atoms with E-state index in [0.29, 0.717) is 0 Å². The predicted octanol–water partition coefficient (Wildman–Crippen LogP) is 4.49. The van der Waals surface area contributed by atoms with E-state index in [1.54, 1.807) is 0 Å². The Labute approximate surface area is 128 Å². The van der Waals surface area contributed by atoms with Crippen molar-refractivity contribution in [2.75, 3.05) is 5.32 Å². The van der Waals surface area contributed by atoms with E-state index in [9.17, 15) is 4.79 Å². The zero-order valence-corrected chi connectivity index (χ0v) is 13.2. The standard InChI is InChI=1S/C15H11Br2NO/c16-10-7-11-12(6-9-4-2-1-3-5-9)15(19)18-14(11)13(17)8-10/h1-5,7-8,12H,6H2,(H,18,19)/t12-/m0/s1. The van der Waals surface area contributed by atoms with Gasteiger partial charge in [-0.05, 0) is 45.6 Å². The first-order valence-corrected chi connectivity index (χ1v) is 7.57. The summed E-state index contributed by atoms with van der Waals surface area (Å²) in [5, 5.41) is 2.96. The smallest absolute Gasteiger partial charge is 0.232 e. The van der Waals surface area contributed by atoms with Crippen molar-refractivity contribution in [2.45, 2.75) is 12.3 Å². The molecular weight excluding hydrogens is 370 g/mol. The van der Waals surface area contributed by atoms with Gasteiger partial charge in [0.25, 0.3) is 0 Å². The molecular formula is C15H11Br2NO. The molecule has 1 amide bonds. The second kappa shape index (κ2) is 5.10. The highest BCUT2D eigenvalue weighted by molar-refractivity contribution is 9.11. The molecule has 1 atom stereocenters. The van der Waals surface area contributed by atoms with Gasteiger partial charge in [0.15, 0.2) is 0 Å². The molecule has 2 aromatic rings. The average Bonchev–Trinajstić information content (AvgIpc) is 2.69. The number of carbonyl (C=O) groups excluding carboxylic acids is 1. The van der Waals surface area contributed by atoms with Crippen molar-refractivity contribution in [3.63, 3.8) is 0 Å². The molecule has 0 bridgehead atoms. The van der Waals surface area contributed by atoms with Crippen LogP contribution < -0.4 is 5.32 Å². The molecule has 0 aliphatic carbocycles. The van der Waals surface area contributed by atoms with Crippen LogP contribution in [0.2, 0.25) is 0 Å². The fourth-order valence-electron chi connectivity index (χ4n) is 2.40. The van der Waals surface area contributed by atoms with Gasteiger partial charge in [0.2, 0.25) is 5.91 Å². The van der Waals surface area contributed by atoms with Gasteiger partial charge >= 0.3 is 0 Å². The minimum atomic E-state index is -0.119. The van der Waals surface area contributed by atoms with Gasteiger partial charge in [0.1, 0.15) is 0 Å². The van der Waals surface area contributed by atoms with Gasteiger partial charge in [-0.25, -0.2) is 0 Å². The third kappa shape index (κ3) is 2.47. The Balaban J connectivity index is 1.99. The number of rotatable bonds is 2. The van der Waals surface area contributed by atoms with Gasteiger partial charge in [-0.3, -0.25) is 4.79 Å². The number of nitrogens with one attached hydrogen (secondary N) is 1. The molecule has 0 unspecified atom stereocenters. The summed E-state index contributed by atoms with van der Waals surface area (Å²) in [5.41, 5.74) is 3.12. The quantitative estimate of drug-likeness (QED) is 0.816. The van der Waals surface area contributed by atoms with Gasteiger partial charge in [0.05, 0.1) is 11.6 Å². The van der Waals surface area contributed by atoms with Gasteiger partial charge < -0.3 is 5.32 Å². The Bertz CT molecular complexity index is 640. The lowest BCUT2D eigenvalue weighted by Crippen LogP contribution is -2.14. The second-order valence-electron chi connectivity index (χ2n) is 4.58. The van der Waals surface area contributed by atoms with E-state index in [4.69, 9.17) is 0 Å². The minimum absolute atomic E-state index is 0.0673. The topological polar surface area (TPSA) is 29.1 Å². The number of halogens is 2. The highest BCUT2D eigenvalue weighted by Crippen LogP contribution is 2.41. The summed E-state index contributed by atoms with van der Waals surface area (Å²) in [7, 11) is 0. The normalized spacial score (nSPS) is 17.2. The number of benzene rings is 2. The largest absolute Gasteiger partial charge is 0.324 e. The molecule has 0 saturated heterocycles. The number of amides is 1. The number of carbonyl (C=O) groups is 1.